The number of rotatable bonds is 4. The van der Waals surface area contributed by atoms with Gasteiger partial charge >= 0.3 is 0 Å². The van der Waals surface area contributed by atoms with Crippen LogP contribution in [0, 0.1) is 0 Å². The molecule has 0 fully saturated rings. The molecule has 1 nitrogen and oxygen atoms in total. The van der Waals surface area contributed by atoms with E-state index in [2.05, 4.69) is 44.0 Å². The van der Waals surface area contributed by atoms with E-state index in [1.54, 1.807) is 0 Å². The normalized spacial score (nSPS) is 11.3. The molecule has 17 heavy (non-hydrogen) atoms. The minimum Gasteiger partial charge on any atom is -0.256 e. The number of aromatic nitrogens is 1. The third-order valence-electron chi connectivity index (χ3n) is 3.31. The lowest BCUT2D eigenvalue weighted by Gasteiger charge is -2.12. The van der Waals surface area contributed by atoms with Crippen molar-refractivity contribution in [1.29, 1.82) is 0 Å². The predicted molar refractivity (Wildman–Crippen MR) is 74.4 cm³/mol. The lowest BCUT2D eigenvalue weighted by Crippen LogP contribution is -1.95. The summed E-state index contributed by atoms with van der Waals surface area (Å²) in [6, 6.07) is 8.78. The Hall–Kier alpha value is -1.37. The van der Waals surface area contributed by atoms with Crippen LogP contribution in [-0.2, 0) is 6.42 Å². The maximum atomic E-state index is 4.58. The van der Waals surface area contributed by atoms with Crippen molar-refractivity contribution >= 4 is 10.9 Å². The van der Waals surface area contributed by atoms with Crippen LogP contribution in [0.15, 0.2) is 30.5 Å². The molecule has 1 aromatic carbocycles. The Morgan fingerprint density at radius 1 is 1.18 bits per heavy atom. The van der Waals surface area contributed by atoms with Gasteiger partial charge in [0.25, 0.3) is 0 Å². The molecule has 0 spiro atoms. The van der Waals surface area contributed by atoms with Crippen LogP contribution < -0.4 is 0 Å². The Morgan fingerprint density at radius 2 is 2.00 bits per heavy atom. The number of nitrogens with zero attached hydrogens (tertiary/aromatic N) is 1. The minimum atomic E-state index is 0.557. The van der Waals surface area contributed by atoms with Gasteiger partial charge in [-0.15, -0.1) is 0 Å². The van der Waals surface area contributed by atoms with Crippen molar-refractivity contribution in [3.63, 3.8) is 0 Å². The number of pyridine rings is 1. The monoisotopic (exact) mass is 227 g/mol. The van der Waals surface area contributed by atoms with Crippen molar-refractivity contribution in [3.8, 4) is 0 Å². The first-order valence-electron chi connectivity index (χ1n) is 6.60. The van der Waals surface area contributed by atoms with Crippen LogP contribution in [0.4, 0.5) is 0 Å². The maximum absolute atomic E-state index is 4.58. The van der Waals surface area contributed by atoms with E-state index in [0.29, 0.717) is 5.92 Å². The van der Waals surface area contributed by atoms with Gasteiger partial charge in [-0.2, -0.15) is 0 Å². The van der Waals surface area contributed by atoms with E-state index in [1.807, 2.05) is 12.3 Å². The van der Waals surface area contributed by atoms with Gasteiger partial charge in [-0.25, -0.2) is 0 Å². The van der Waals surface area contributed by atoms with Gasteiger partial charge < -0.3 is 0 Å². The highest BCUT2D eigenvalue weighted by molar-refractivity contribution is 5.85. The average Bonchev–Trinajstić information content (AvgIpc) is 2.35. The molecule has 0 N–H and O–H groups in total. The van der Waals surface area contributed by atoms with E-state index < -0.39 is 0 Å². The summed E-state index contributed by atoms with van der Waals surface area (Å²) in [6.45, 7) is 6.72. The van der Waals surface area contributed by atoms with Gasteiger partial charge in [-0.1, -0.05) is 45.4 Å². The second-order valence-electron chi connectivity index (χ2n) is 4.97. The highest BCUT2D eigenvalue weighted by Gasteiger charge is 2.08. The fourth-order valence-electron chi connectivity index (χ4n) is 2.33. The molecule has 0 amide bonds. The SMILES string of the molecule is CCCCc1ccc(C(C)C)c2cccnc12. The van der Waals surface area contributed by atoms with E-state index >= 15 is 0 Å². The van der Waals surface area contributed by atoms with Crippen molar-refractivity contribution in [2.24, 2.45) is 0 Å². The van der Waals surface area contributed by atoms with Gasteiger partial charge in [0.1, 0.15) is 0 Å². The van der Waals surface area contributed by atoms with Crippen molar-refractivity contribution in [1.82, 2.24) is 4.98 Å². The highest BCUT2D eigenvalue weighted by Crippen LogP contribution is 2.27. The maximum Gasteiger partial charge on any atom is 0.0736 e. The molecule has 0 aliphatic heterocycles. The molecule has 1 aromatic heterocycles. The molecule has 0 bridgehead atoms. The van der Waals surface area contributed by atoms with Gasteiger partial charge in [0.2, 0.25) is 0 Å². The summed E-state index contributed by atoms with van der Waals surface area (Å²) < 4.78 is 0. The Morgan fingerprint density at radius 3 is 2.71 bits per heavy atom. The summed E-state index contributed by atoms with van der Waals surface area (Å²) >= 11 is 0. The minimum absolute atomic E-state index is 0.557. The average molecular weight is 227 g/mol. The van der Waals surface area contributed by atoms with E-state index in [4.69, 9.17) is 0 Å². The van der Waals surface area contributed by atoms with E-state index in [0.717, 1.165) is 6.42 Å². The summed E-state index contributed by atoms with van der Waals surface area (Å²) in [5.74, 6) is 0.557. The van der Waals surface area contributed by atoms with Crippen LogP contribution in [0.5, 0.6) is 0 Å². The predicted octanol–water partition coefficient (Wildman–Crippen LogP) is 4.70. The number of aryl methyl sites for hydroxylation is 1. The zero-order chi connectivity index (χ0) is 12.3. The van der Waals surface area contributed by atoms with Crippen LogP contribution in [0.3, 0.4) is 0 Å². The lowest BCUT2D eigenvalue weighted by atomic mass is 9.94. The summed E-state index contributed by atoms with van der Waals surface area (Å²) in [4.78, 5) is 4.58. The van der Waals surface area contributed by atoms with E-state index in [1.165, 1.54) is 34.9 Å². The van der Waals surface area contributed by atoms with Crippen molar-refractivity contribution in [2.75, 3.05) is 0 Å². The summed E-state index contributed by atoms with van der Waals surface area (Å²) in [5, 5.41) is 1.33. The second-order valence-corrected chi connectivity index (χ2v) is 4.97. The molecule has 0 atom stereocenters. The van der Waals surface area contributed by atoms with E-state index in [-0.39, 0.29) is 0 Å². The van der Waals surface area contributed by atoms with Crippen LogP contribution in [0.1, 0.15) is 50.7 Å². The Kier molecular flexibility index (Phi) is 3.78. The Bertz CT molecular complexity index is 500. The molecule has 0 saturated carbocycles. The quantitative estimate of drug-likeness (QED) is 0.737. The van der Waals surface area contributed by atoms with Gasteiger partial charge in [0, 0.05) is 11.6 Å². The van der Waals surface area contributed by atoms with Gasteiger partial charge in [-0.05, 0) is 36.0 Å². The molecule has 0 saturated heterocycles. The smallest absolute Gasteiger partial charge is 0.0736 e. The van der Waals surface area contributed by atoms with Crippen LogP contribution in [0.2, 0.25) is 0 Å². The third kappa shape index (κ3) is 2.49. The van der Waals surface area contributed by atoms with Gasteiger partial charge in [0.15, 0.2) is 0 Å². The first kappa shape index (κ1) is 12.1. The molecular weight excluding hydrogens is 206 g/mol. The molecule has 0 aliphatic rings. The van der Waals surface area contributed by atoms with E-state index in [9.17, 15) is 0 Å². The molecule has 90 valence electrons. The summed E-state index contributed by atoms with van der Waals surface area (Å²) in [5.41, 5.74) is 4.01. The molecule has 1 heterocycles. The molecule has 2 aromatic rings. The Balaban J connectivity index is 2.54. The number of fused-ring (bicyclic) bond motifs is 1. The molecule has 1 heteroatoms. The van der Waals surface area contributed by atoms with Gasteiger partial charge in [0.05, 0.1) is 5.52 Å². The Labute approximate surface area is 104 Å². The fourth-order valence-corrected chi connectivity index (χ4v) is 2.33. The van der Waals surface area contributed by atoms with Crippen LogP contribution in [-0.4, -0.2) is 4.98 Å². The summed E-state index contributed by atoms with van der Waals surface area (Å²) in [7, 11) is 0. The van der Waals surface area contributed by atoms with Gasteiger partial charge in [-0.3, -0.25) is 4.98 Å². The summed E-state index contributed by atoms with van der Waals surface area (Å²) in [6.07, 6.45) is 5.53. The topological polar surface area (TPSA) is 12.9 Å². The molecule has 0 unspecified atom stereocenters. The zero-order valence-electron chi connectivity index (χ0n) is 11.0. The largest absolute Gasteiger partial charge is 0.256 e. The first-order chi connectivity index (χ1) is 8.24. The number of hydrogen-bond acceptors (Lipinski definition) is 1. The highest BCUT2D eigenvalue weighted by atomic mass is 14.6. The third-order valence-corrected chi connectivity index (χ3v) is 3.31. The molecule has 0 radical (unpaired) electrons. The standard InChI is InChI=1S/C16H21N/c1-4-5-7-13-9-10-14(12(2)3)15-8-6-11-17-16(13)15/h6,8-12H,4-5,7H2,1-3H3. The molecule has 2 rings (SSSR count). The lowest BCUT2D eigenvalue weighted by molar-refractivity contribution is 0.796. The number of hydrogen-bond donors (Lipinski definition) is 0. The van der Waals surface area contributed by atoms with Crippen molar-refractivity contribution in [3.05, 3.63) is 41.6 Å². The molecular formula is C16H21N. The van der Waals surface area contributed by atoms with Crippen LogP contribution in [0.25, 0.3) is 10.9 Å². The van der Waals surface area contributed by atoms with Crippen molar-refractivity contribution in [2.45, 2.75) is 46.0 Å². The second kappa shape index (κ2) is 5.31. The van der Waals surface area contributed by atoms with Crippen molar-refractivity contribution < 1.29 is 0 Å². The number of unbranched alkanes of at least 4 members (excludes halogenated alkanes) is 1. The molecule has 0 aliphatic carbocycles. The zero-order valence-corrected chi connectivity index (χ0v) is 11.0. The number of benzene rings is 1. The first-order valence-corrected chi connectivity index (χ1v) is 6.60. The van der Waals surface area contributed by atoms with Crippen LogP contribution >= 0.6 is 0 Å². The fraction of sp³-hybridized carbons (Fsp3) is 0.438.